The lowest BCUT2D eigenvalue weighted by atomic mass is 10.1. The fraction of sp³-hybridized carbons (Fsp3) is 0.167. The molecule has 3 aromatic rings. The first kappa shape index (κ1) is 20.1. The number of rotatable bonds is 7. The van der Waals surface area contributed by atoms with E-state index in [1.54, 1.807) is 43.3 Å². The van der Waals surface area contributed by atoms with E-state index in [0.29, 0.717) is 35.8 Å². The zero-order valence-electron chi connectivity index (χ0n) is 16.5. The molecule has 0 aliphatic rings. The van der Waals surface area contributed by atoms with Crippen molar-refractivity contribution in [1.82, 2.24) is 0 Å². The number of benzene rings is 3. The molecule has 5 heteroatoms. The van der Waals surface area contributed by atoms with Gasteiger partial charge in [-0.2, -0.15) is 0 Å². The number of amides is 1. The molecule has 0 aromatic heterocycles. The molecule has 0 bridgehead atoms. The molecule has 0 saturated heterocycles. The van der Waals surface area contributed by atoms with Crippen molar-refractivity contribution in [2.24, 2.45) is 0 Å². The lowest BCUT2D eigenvalue weighted by Gasteiger charge is -2.13. The summed E-state index contributed by atoms with van der Waals surface area (Å²) in [7, 11) is 0. The van der Waals surface area contributed by atoms with Gasteiger partial charge in [0.15, 0.2) is 0 Å². The van der Waals surface area contributed by atoms with Crippen LogP contribution in [0.4, 0.5) is 5.69 Å². The van der Waals surface area contributed by atoms with E-state index < -0.39 is 0 Å². The first-order chi connectivity index (χ1) is 14.1. The lowest BCUT2D eigenvalue weighted by molar-refractivity contribution is 0.0526. The number of nitrogens with one attached hydrogen (secondary N) is 1. The van der Waals surface area contributed by atoms with E-state index in [1.165, 1.54) is 0 Å². The zero-order valence-corrected chi connectivity index (χ0v) is 16.5. The van der Waals surface area contributed by atoms with Gasteiger partial charge in [-0.05, 0) is 55.3 Å². The second-order valence-corrected chi connectivity index (χ2v) is 6.47. The van der Waals surface area contributed by atoms with E-state index in [0.717, 1.165) is 11.1 Å². The van der Waals surface area contributed by atoms with Crippen molar-refractivity contribution < 1.29 is 19.1 Å². The summed E-state index contributed by atoms with van der Waals surface area (Å²) in [6.45, 7) is 4.28. The maximum Gasteiger partial charge on any atom is 0.338 e. The fourth-order valence-corrected chi connectivity index (χ4v) is 2.85. The maximum atomic E-state index is 12.8. The van der Waals surface area contributed by atoms with Crippen LogP contribution in [-0.2, 0) is 11.3 Å². The van der Waals surface area contributed by atoms with E-state index in [4.69, 9.17) is 9.47 Å². The summed E-state index contributed by atoms with van der Waals surface area (Å²) in [6, 6.07) is 21.9. The molecule has 1 N–H and O–H groups in total. The Bertz CT molecular complexity index is 999. The van der Waals surface area contributed by atoms with Crippen LogP contribution in [0.2, 0.25) is 0 Å². The van der Waals surface area contributed by atoms with Crippen molar-refractivity contribution in [3.8, 4) is 5.75 Å². The summed E-state index contributed by atoms with van der Waals surface area (Å²) < 4.78 is 10.9. The third-order valence-corrected chi connectivity index (χ3v) is 4.35. The summed E-state index contributed by atoms with van der Waals surface area (Å²) in [6.07, 6.45) is 0. The maximum absolute atomic E-state index is 12.8. The second kappa shape index (κ2) is 9.55. The van der Waals surface area contributed by atoms with Gasteiger partial charge in [-0.3, -0.25) is 4.79 Å². The van der Waals surface area contributed by atoms with Crippen molar-refractivity contribution in [1.29, 1.82) is 0 Å². The predicted molar refractivity (Wildman–Crippen MR) is 112 cm³/mol. The van der Waals surface area contributed by atoms with Crippen LogP contribution in [0.5, 0.6) is 5.75 Å². The van der Waals surface area contributed by atoms with Gasteiger partial charge in [-0.15, -0.1) is 0 Å². The molecule has 0 aliphatic heterocycles. The Hall–Kier alpha value is -3.60. The Kier molecular flexibility index (Phi) is 6.63. The predicted octanol–water partition coefficient (Wildman–Crippen LogP) is 5.00. The molecular weight excluding hydrogens is 366 g/mol. The molecule has 148 valence electrons. The molecule has 0 atom stereocenters. The van der Waals surface area contributed by atoms with Gasteiger partial charge in [0, 0.05) is 5.69 Å². The SMILES string of the molecule is CCOC(=O)c1ccc(NC(=O)c2ccccc2OCc2ccccc2)c(C)c1. The number of aryl methyl sites for hydroxylation is 1. The minimum absolute atomic E-state index is 0.277. The van der Waals surface area contributed by atoms with Crippen molar-refractivity contribution >= 4 is 17.6 Å². The smallest absolute Gasteiger partial charge is 0.338 e. The van der Waals surface area contributed by atoms with Crippen LogP contribution in [-0.4, -0.2) is 18.5 Å². The molecule has 29 heavy (non-hydrogen) atoms. The van der Waals surface area contributed by atoms with Crippen molar-refractivity contribution in [3.05, 3.63) is 95.1 Å². The Morgan fingerprint density at radius 2 is 1.66 bits per heavy atom. The average molecular weight is 389 g/mol. The summed E-state index contributed by atoms with van der Waals surface area (Å²) in [5, 5.41) is 2.89. The van der Waals surface area contributed by atoms with E-state index in [9.17, 15) is 9.59 Å². The summed E-state index contributed by atoms with van der Waals surface area (Å²) in [4.78, 5) is 24.7. The topological polar surface area (TPSA) is 64.6 Å². The van der Waals surface area contributed by atoms with Gasteiger partial charge in [0.05, 0.1) is 17.7 Å². The molecule has 0 aliphatic carbocycles. The van der Waals surface area contributed by atoms with Crippen LogP contribution in [0, 0.1) is 6.92 Å². The Labute approximate surface area is 170 Å². The number of carbonyl (C=O) groups is 2. The van der Waals surface area contributed by atoms with E-state index >= 15 is 0 Å². The Balaban J connectivity index is 1.73. The highest BCUT2D eigenvalue weighted by Gasteiger charge is 2.15. The highest BCUT2D eigenvalue weighted by Crippen LogP contribution is 2.23. The molecule has 0 spiro atoms. The number of hydrogen-bond acceptors (Lipinski definition) is 4. The highest BCUT2D eigenvalue weighted by atomic mass is 16.5. The first-order valence-electron chi connectivity index (χ1n) is 9.43. The minimum Gasteiger partial charge on any atom is -0.488 e. The first-order valence-corrected chi connectivity index (χ1v) is 9.43. The van der Waals surface area contributed by atoms with Gasteiger partial charge >= 0.3 is 5.97 Å². The molecule has 0 unspecified atom stereocenters. The van der Waals surface area contributed by atoms with Gasteiger partial charge in [0.25, 0.3) is 5.91 Å². The standard InChI is InChI=1S/C24H23NO4/c1-3-28-24(27)19-13-14-21(17(2)15-19)25-23(26)20-11-7-8-12-22(20)29-16-18-9-5-4-6-10-18/h4-15H,3,16H2,1-2H3,(H,25,26). The van der Waals surface area contributed by atoms with Gasteiger partial charge in [-0.1, -0.05) is 42.5 Å². The number of anilines is 1. The van der Waals surface area contributed by atoms with E-state index in [2.05, 4.69) is 5.32 Å². The average Bonchev–Trinajstić information content (AvgIpc) is 2.74. The van der Waals surface area contributed by atoms with Crippen molar-refractivity contribution in [3.63, 3.8) is 0 Å². The van der Waals surface area contributed by atoms with Crippen LogP contribution < -0.4 is 10.1 Å². The van der Waals surface area contributed by atoms with E-state index in [1.807, 2.05) is 43.3 Å². The van der Waals surface area contributed by atoms with Gasteiger partial charge < -0.3 is 14.8 Å². The Morgan fingerprint density at radius 3 is 2.38 bits per heavy atom. The molecule has 3 aromatic carbocycles. The van der Waals surface area contributed by atoms with Crippen LogP contribution in [0.1, 0.15) is 38.8 Å². The number of esters is 1. The largest absolute Gasteiger partial charge is 0.488 e. The van der Waals surface area contributed by atoms with Gasteiger partial charge in [0.2, 0.25) is 0 Å². The van der Waals surface area contributed by atoms with Crippen LogP contribution >= 0.6 is 0 Å². The molecule has 0 heterocycles. The molecule has 0 saturated carbocycles. The molecular formula is C24H23NO4. The highest BCUT2D eigenvalue weighted by molar-refractivity contribution is 6.06. The molecule has 0 fully saturated rings. The van der Waals surface area contributed by atoms with Crippen LogP contribution in [0.15, 0.2) is 72.8 Å². The summed E-state index contributed by atoms with van der Waals surface area (Å²) >= 11 is 0. The molecule has 5 nitrogen and oxygen atoms in total. The number of carbonyl (C=O) groups excluding carboxylic acids is 2. The molecule has 0 radical (unpaired) electrons. The monoisotopic (exact) mass is 389 g/mol. The van der Waals surface area contributed by atoms with Crippen molar-refractivity contribution in [2.75, 3.05) is 11.9 Å². The molecule has 3 rings (SSSR count). The minimum atomic E-state index is -0.381. The number of hydrogen-bond donors (Lipinski definition) is 1. The fourth-order valence-electron chi connectivity index (χ4n) is 2.85. The molecule has 1 amide bonds. The normalized spacial score (nSPS) is 10.3. The quantitative estimate of drug-likeness (QED) is 0.578. The van der Waals surface area contributed by atoms with E-state index in [-0.39, 0.29) is 11.9 Å². The third kappa shape index (κ3) is 5.23. The van der Waals surface area contributed by atoms with Gasteiger partial charge in [-0.25, -0.2) is 4.79 Å². The summed E-state index contributed by atoms with van der Waals surface area (Å²) in [5.41, 5.74) is 3.31. The van der Waals surface area contributed by atoms with Crippen molar-refractivity contribution in [2.45, 2.75) is 20.5 Å². The second-order valence-electron chi connectivity index (χ2n) is 6.47. The third-order valence-electron chi connectivity index (χ3n) is 4.35. The van der Waals surface area contributed by atoms with Crippen LogP contribution in [0.3, 0.4) is 0 Å². The van der Waals surface area contributed by atoms with Gasteiger partial charge in [0.1, 0.15) is 12.4 Å². The number of ether oxygens (including phenoxy) is 2. The zero-order chi connectivity index (χ0) is 20.6. The lowest BCUT2D eigenvalue weighted by Crippen LogP contribution is -2.15. The number of para-hydroxylation sites is 1. The Morgan fingerprint density at radius 1 is 0.931 bits per heavy atom. The summed E-state index contributed by atoms with van der Waals surface area (Å²) in [5.74, 6) is -0.150. The van der Waals surface area contributed by atoms with Crippen LogP contribution in [0.25, 0.3) is 0 Å².